The van der Waals surface area contributed by atoms with Crippen LogP contribution in [-0.2, 0) is 19.5 Å². The van der Waals surface area contributed by atoms with Gasteiger partial charge in [-0.2, -0.15) is 5.10 Å². The summed E-state index contributed by atoms with van der Waals surface area (Å²) in [5.41, 5.74) is 2.83. The molecule has 2 heterocycles. The van der Waals surface area contributed by atoms with Crippen LogP contribution in [0.4, 0.5) is 0 Å². The molecule has 0 aliphatic carbocycles. The number of methoxy groups -OCH3 is 2. The molecule has 0 fully saturated rings. The SMILES string of the molecule is COc1cc(CN2CCn3nc(C(=O)N[C@H](C)CCc4ccccc4)cc3C2=O)cc(OC)c1. The van der Waals surface area contributed by atoms with Crippen LogP contribution in [0.1, 0.15) is 45.4 Å². The van der Waals surface area contributed by atoms with Crippen molar-refractivity contribution in [1.82, 2.24) is 20.0 Å². The van der Waals surface area contributed by atoms with Crippen LogP contribution < -0.4 is 14.8 Å². The van der Waals surface area contributed by atoms with Crippen molar-refractivity contribution in [2.75, 3.05) is 20.8 Å². The first-order valence-electron chi connectivity index (χ1n) is 11.4. The van der Waals surface area contributed by atoms with Gasteiger partial charge in [0, 0.05) is 31.3 Å². The number of fused-ring (bicyclic) bond motifs is 1. The summed E-state index contributed by atoms with van der Waals surface area (Å²) in [5.74, 6) is 0.921. The number of amides is 2. The van der Waals surface area contributed by atoms with Crippen LogP contribution in [0.3, 0.4) is 0 Å². The molecule has 0 saturated heterocycles. The summed E-state index contributed by atoms with van der Waals surface area (Å²) in [6.45, 7) is 3.42. The van der Waals surface area contributed by atoms with E-state index in [0.29, 0.717) is 36.8 Å². The zero-order chi connectivity index (χ0) is 24.1. The van der Waals surface area contributed by atoms with E-state index in [1.54, 1.807) is 35.9 Å². The molecule has 0 radical (unpaired) electrons. The van der Waals surface area contributed by atoms with Crippen LogP contribution in [-0.4, -0.2) is 53.3 Å². The van der Waals surface area contributed by atoms with Crippen molar-refractivity contribution in [2.45, 2.75) is 38.9 Å². The van der Waals surface area contributed by atoms with E-state index in [-0.39, 0.29) is 23.6 Å². The highest BCUT2D eigenvalue weighted by molar-refractivity contribution is 5.98. The van der Waals surface area contributed by atoms with Crippen molar-refractivity contribution in [1.29, 1.82) is 0 Å². The molecule has 8 nitrogen and oxygen atoms in total. The van der Waals surface area contributed by atoms with Crippen LogP contribution >= 0.6 is 0 Å². The first kappa shape index (κ1) is 23.4. The van der Waals surface area contributed by atoms with Crippen LogP contribution in [0, 0.1) is 0 Å². The fourth-order valence-corrected chi connectivity index (χ4v) is 4.08. The van der Waals surface area contributed by atoms with Crippen molar-refractivity contribution in [3.8, 4) is 11.5 Å². The molecule has 1 aliphatic rings. The lowest BCUT2D eigenvalue weighted by molar-refractivity contribution is 0.0682. The number of nitrogens with zero attached hydrogens (tertiary/aromatic N) is 3. The lowest BCUT2D eigenvalue weighted by atomic mass is 10.1. The standard InChI is InChI=1S/C26H30N4O4/c1-18(9-10-19-7-5-4-6-8-19)27-25(31)23-16-24-26(32)29(11-12-30(24)28-23)17-20-13-21(33-2)15-22(14-20)34-3/h4-8,13-16,18H,9-12,17H2,1-3H3,(H,27,31)/t18-/m1/s1. The summed E-state index contributed by atoms with van der Waals surface area (Å²) in [4.78, 5) is 27.6. The number of aryl methyl sites for hydroxylation is 1. The van der Waals surface area contributed by atoms with E-state index < -0.39 is 0 Å². The van der Waals surface area contributed by atoms with Gasteiger partial charge in [-0.15, -0.1) is 0 Å². The third-order valence-electron chi connectivity index (χ3n) is 5.97. The molecule has 0 saturated carbocycles. The van der Waals surface area contributed by atoms with Gasteiger partial charge in [0.25, 0.3) is 11.8 Å². The second-order valence-electron chi connectivity index (χ2n) is 8.48. The summed E-state index contributed by atoms with van der Waals surface area (Å²) in [5, 5.41) is 7.39. The molecule has 1 aliphatic heterocycles. The van der Waals surface area contributed by atoms with Gasteiger partial charge in [-0.1, -0.05) is 30.3 Å². The second kappa shape index (κ2) is 10.4. The van der Waals surface area contributed by atoms with Crippen molar-refractivity contribution in [3.63, 3.8) is 0 Å². The maximum absolute atomic E-state index is 13.1. The Hall–Kier alpha value is -3.81. The number of aromatic nitrogens is 2. The van der Waals surface area contributed by atoms with Crippen LogP contribution in [0.2, 0.25) is 0 Å². The van der Waals surface area contributed by atoms with Crippen LogP contribution in [0.5, 0.6) is 11.5 Å². The average molecular weight is 463 g/mol. The Morgan fingerprint density at radius 1 is 1.03 bits per heavy atom. The predicted molar refractivity (Wildman–Crippen MR) is 128 cm³/mol. The Balaban J connectivity index is 1.39. The largest absolute Gasteiger partial charge is 0.497 e. The Kier molecular flexibility index (Phi) is 7.15. The quantitative estimate of drug-likeness (QED) is 0.527. The Labute approximate surface area is 199 Å². The molecule has 2 amide bonds. The topological polar surface area (TPSA) is 85.7 Å². The smallest absolute Gasteiger partial charge is 0.272 e. The number of benzene rings is 2. The normalized spacial score (nSPS) is 13.9. The Morgan fingerprint density at radius 3 is 2.41 bits per heavy atom. The molecule has 1 aromatic heterocycles. The summed E-state index contributed by atoms with van der Waals surface area (Å²) >= 11 is 0. The molecule has 1 atom stereocenters. The Bertz CT molecular complexity index is 1140. The minimum Gasteiger partial charge on any atom is -0.497 e. The maximum atomic E-state index is 13.1. The number of carbonyl (C=O) groups excluding carboxylic acids is 2. The molecule has 3 aromatic rings. The molecule has 0 bridgehead atoms. The van der Waals surface area contributed by atoms with E-state index in [4.69, 9.17) is 9.47 Å². The fourth-order valence-electron chi connectivity index (χ4n) is 4.08. The zero-order valence-electron chi connectivity index (χ0n) is 19.8. The summed E-state index contributed by atoms with van der Waals surface area (Å²) in [7, 11) is 3.19. The van der Waals surface area contributed by atoms with E-state index in [1.165, 1.54) is 5.56 Å². The highest BCUT2D eigenvalue weighted by Crippen LogP contribution is 2.25. The lowest BCUT2D eigenvalue weighted by Crippen LogP contribution is -2.39. The first-order chi connectivity index (χ1) is 16.5. The fraction of sp³-hybridized carbons (Fsp3) is 0.346. The lowest BCUT2D eigenvalue weighted by Gasteiger charge is -2.27. The molecule has 0 spiro atoms. The second-order valence-corrected chi connectivity index (χ2v) is 8.48. The van der Waals surface area contributed by atoms with E-state index in [2.05, 4.69) is 22.5 Å². The monoisotopic (exact) mass is 462 g/mol. The van der Waals surface area contributed by atoms with Crippen molar-refractivity contribution >= 4 is 11.8 Å². The molecule has 34 heavy (non-hydrogen) atoms. The van der Waals surface area contributed by atoms with Crippen LogP contribution in [0.15, 0.2) is 54.6 Å². The molecule has 8 heteroatoms. The number of ether oxygens (including phenoxy) is 2. The van der Waals surface area contributed by atoms with E-state index in [0.717, 1.165) is 18.4 Å². The number of hydrogen-bond acceptors (Lipinski definition) is 5. The minimum atomic E-state index is -0.264. The summed E-state index contributed by atoms with van der Waals surface area (Å²) in [6, 6.07) is 17.3. The highest BCUT2D eigenvalue weighted by Gasteiger charge is 2.28. The number of nitrogens with one attached hydrogen (secondary N) is 1. The van der Waals surface area contributed by atoms with E-state index >= 15 is 0 Å². The zero-order valence-corrected chi connectivity index (χ0v) is 19.8. The van der Waals surface area contributed by atoms with Gasteiger partial charge in [0.1, 0.15) is 17.2 Å². The van der Waals surface area contributed by atoms with E-state index in [9.17, 15) is 9.59 Å². The van der Waals surface area contributed by atoms with E-state index in [1.807, 2.05) is 37.3 Å². The van der Waals surface area contributed by atoms with Gasteiger partial charge in [-0.05, 0) is 43.0 Å². The van der Waals surface area contributed by atoms with Gasteiger partial charge in [-0.25, -0.2) is 0 Å². The predicted octanol–water partition coefficient (Wildman–Crippen LogP) is 3.31. The van der Waals surface area contributed by atoms with Crippen molar-refractivity contribution in [3.05, 3.63) is 77.1 Å². The highest BCUT2D eigenvalue weighted by atomic mass is 16.5. The molecular formula is C26H30N4O4. The third-order valence-corrected chi connectivity index (χ3v) is 5.97. The van der Waals surface area contributed by atoms with Crippen molar-refractivity contribution < 1.29 is 19.1 Å². The summed E-state index contributed by atoms with van der Waals surface area (Å²) < 4.78 is 12.3. The first-order valence-corrected chi connectivity index (χ1v) is 11.4. The number of rotatable bonds is 9. The van der Waals surface area contributed by atoms with Gasteiger partial charge in [0.05, 0.1) is 20.8 Å². The molecule has 0 unspecified atom stereocenters. The number of hydrogen-bond donors (Lipinski definition) is 1. The Morgan fingerprint density at radius 2 is 1.74 bits per heavy atom. The molecular weight excluding hydrogens is 432 g/mol. The minimum absolute atomic E-state index is 0.0123. The number of carbonyl (C=O) groups is 2. The molecule has 4 rings (SSSR count). The van der Waals surface area contributed by atoms with Gasteiger partial charge < -0.3 is 19.7 Å². The third kappa shape index (κ3) is 5.39. The van der Waals surface area contributed by atoms with Gasteiger partial charge in [0.15, 0.2) is 5.69 Å². The average Bonchev–Trinajstić information content (AvgIpc) is 3.30. The van der Waals surface area contributed by atoms with Gasteiger partial charge in [-0.3, -0.25) is 14.3 Å². The van der Waals surface area contributed by atoms with Gasteiger partial charge in [0.2, 0.25) is 0 Å². The molecule has 178 valence electrons. The van der Waals surface area contributed by atoms with Crippen molar-refractivity contribution in [2.24, 2.45) is 0 Å². The van der Waals surface area contributed by atoms with Gasteiger partial charge >= 0.3 is 0 Å². The molecule has 2 aromatic carbocycles. The molecule has 1 N–H and O–H groups in total. The van der Waals surface area contributed by atoms with Crippen LogP contribution in [0.25, 0.3) is 0 Å². The maximum Gasteiger partial charge on any atom is 0.272 e. The summed E-state index contributed by atoms with van der Waals surface area (Å²) in [6.07, 6.45) is 1.70.